The molecule has 0 spiro atoms. The summed E-state index contributed by atoms with van der Waals surface area (Å²) in [5, 5.41) is 0. The van der Waals surface area contributed by atoms with E-state index in [9.17, 15) is 4.39 Å². The molecule has 3 rings (SSSR count). The molecule has 0 amide bonds. The Morgan fingerprint density at radius 2 is 2.15 bits per heavy atom. The molecule has 2 aliphatic heterocycles. The van der Waals surface area contributed by atoms with Crippen molar-refractivity contribution < 1.29 is 9.13 Å². The van der Waals surface area contributed by atoms with Crippen molar-refractivity contribution in [3.05, 3.63) is 23.6 Å². The van der Waals surface area contributed by atoms with Crippen LogP contribution in [-0.2, 0) is 11.3 Å². The molecule has 2 fully saturated rings. The summed E-state index contributed by atoms with van der Waals surface area (Å²) in [6, 6.07) is 2.12. The Morgan fingerprint density at radius 3 is 2.90 bits per heavy atom. The number of hydrogen-bond acceptors (Lipinski definition) is 5. The SMILES string of the molecule is NCc1ccnc(N2CCC(N3CCOCC3)C2)c1F. The minimum Gasteiger partial charge on any atom is -0.379 e. The summed E-state index contributed by atoms with van der Waals surface area (Å²) in [4.78, 5) is 8.68. The highest BCUT2D eigenvalue weighted by Gasteiger charge is 2.30. The second-order valence-electron chi connectivity index (χ2n) is 5.35. The van der Waals surface area contributed by atoms with Crippen LogP contribution >= 0.6 is 0 Å². The van der Waals surface area contributed by atoms with Crippen molar-refractivity contribution in [3.8, 4) is 0 Å². The molecule has 0 bridgehead atoms. The van der Waals surface area contributed by atoms with Gasteiger partial charge in [-0.15, -0.1) is 0 Å². The Morgan fingerprint density at radius 1 is 1.35 bits per heavy atom. The molecule has 2 saturated heterocycles. The fourth-order valence-corrected chi connectivity index (χ4v) is 3.02. The first-order chi connectivity index (χ1) is 9.79. The number of morpholine rings is 1. The Hall–Kier alpha value is -1.24. The van der Waals surface area contributed by atoms with Gasteiger partial charge < -0.3 is 15.4 Å². The number of anilines is 1. The van der Waals surface area contributed by atoms with Crippen molar-refractivity contribution in [2.24, 2.45) is 5.73 Å². The number of halogens is 1. The number of rotatable bonds is 3. The van der Waals surface area contributed by atoms with Crippen molar-refractivity contribution >= 4 is 5.82 Å². The first-order valence-electron chi connectivity index (χ1n) is 7.20. The van der Waals surface area contributed by atoms with Gasteiger partial charge in [-0.2, -0.15) is 0 Å². The van der Waals surface area contributed by atoms with Crippen molar-refractivity contribution in [3.63, 3.8) is 0 Å². The number of hydrogen-bond donors (Lipinski definition) is 1. The van der Waals surface area contributed by atoms with E-state index in [1.165, 1.54) is 0 Å². The van der Waals surface area contributed by atoms with Gasteiger partial charge in [-0.1, -0.05) is 0 Å². The van der Waals surface area contributed by atoms with Gasteiger partial charge >= 0.3 is 0 Å². The van der Waals surface area contributed by atoms with Crippen LogP contribution in [0.4, 0.5) is 10.2 Å². The Kier molecular flexibility index (Phi) is 4.14. The predicted molar refractivity (Wildman–Crippen MR) is 75.1 cm³/mol. The van der Waals surface area contributed by atoms with E-state index in [4.69, 9.17) is 10.5 Å². The molecule has 1 atom stereocenters. The number of nitrogens with zero attached hydrogens (tertiary/aromatic N) is 3. The standard InChI is InChI=1S/C14H21FN4O/c15-13-11(9-16)1-3-17-14(13)19-4-2-12(10-19)18-5-7-20-8-6-18/h1,3,12H,2,4-10,16H2. The van der Waals surface area contributed by atoms with Gasteiger partial charge in [0.25, 0.3) is 0 Å². The van der Waals surface area contributed by atoms with Gasteiger partial charge in [-0.25, -0.2) is 9.37 Å². The summed E-state index contributed by atoms with van der Waals surface area (Å²) in [6.07, 6.45) is 2.69. The van der Waals surface area contributed by atoms with Crippen LogP contribution in [0.2, 0.25) is 0 Å². The monoisotopic (exact) mass is 280 g/mol. The van der Waals surface area contributed by atoms with E-state index in [2.05, 4.69) is 9.88 Å². The highest BCUT2D eigenvalue weighted by molar-refractivity contribution is 5.44. The highest BCUT2D eigenvalue weighted by Crippen LogP contribution is 2.25. The molecule has 1 unspecified atom stereocenters. The quantitative estimate of drug-likeness (QED) is 0.878. The zero-order valence-electron chi connectivity index (χ0n) is 11.6. The molecule has 1 aromatic rings. The van der Waals surface area contributed by atoms with E-state index in [0.29, 0.717) is 17.4 Å². The van der Waals surface area contributed by atoms with Crippen LogP contribution in [0.25, 0.3) is 0 Å². The third-order valence-corrected chi connectivity index (χ3v) is 4.20. The normalized spacial score (nSPS) is 24.3. The average molecular weight is 280 g/mol. The summed E-state index contributed by atoms with van der Waals surface area (Å²) in [6.45, 7) is 5.42. The highest BCUT2D eigenvalue weighted by atomic mass is 19.1. The van der Waals surface area contributed by atoms with E-state index in [1.54, 1.807) is 12.3 Å². The fraction of sp³-hybridized carbons (Fsp3) is 0.643. The van der Waals surface area contributed by atoms with Gasteiger partial charge in [-0.3, -0.25) is 4.90 Å². The molecule has 5 nitrogen and oxygen atoms in total. The van der Waals surface area contributed by atoms with E-state index in [0.717, 1.165) is 45.8 Å². The molecule has 2 N–H and O–H groups in total. The summed E-state index contributed by atoms with van der Waals surface area (Å²) in [7, 11) is 0. The molecule has 2 aliphatic rings. The second kappa shape index (κ2) is 6.03. The molecule has 110 valence electrons. The Balaban J connectivity index is 1.70. The Labute approximate surface area is 118 Å². The van der Waals surface area contributed by atoms with Crippen LogP contribution in [0, 0.1) is 5.82 Å². The lowest BCUT2D eigenvalue weighted by molar-refractivity contribution is 0.0209. The van der Waals surface area contributed by atoms with E-state index in [1.807, 2.05) is 4.90 Å². The van der Waals surface area contributed by atoms with Gasteiger partial charge in [0.05, 0.1) is 13.2 Å². The predicted octanol–water partition coefficient (Wildman–Crippen LogP) is 0.590. The maximum absolute atomic E-state index is 14.3. The minimum absolute atomic E-state index is 0.210. The van der Waals surface area contributed by atoms with Crippen LogP contribution in [-0.4, -0.2) is 55.3 Å². The zero-order valence-corrected chi connectivity index (χ0v) is 11.6. The van der Waals surface area contributed by atoms with Crippen molar-refractivity contribution in [2.75, 3.05) is 44.3 Å². The summed E-state index contributed by atoms with van der Waals surface area (Å²) in [5.74, 6) is 0.182. The molecule has 1 aromatic heterocycles. The van der Waals surface area contributed by atoms with Gasteiger partial charge in [0.2, 0.25) is 0 Å². The molecule has 0 aliphatic carbocycles. The molecular weight excluding hydrogens is 259 g/mol. The lowest BCUT2D eigenvalue weighted by Gasteiger charge is -2.32. The molecular formula is C14H21FN4O. The third kappa shape index (κ3) is 2.63. The van der Waals surface area contributed by atoms with E-state index < -0.39 is 0 Å². The van der Waals surface area contributed by atoms with Gasteiger partial charge in [0, 0.05) is 50.5 Å². The zero-order chi connectivity index (χ0) is 13.9. The van der Waals surface area contributed by atoms with Crippen LogP contribution in [0.15, 0.2) is 12.3 Å². The number of nitrogens with two attached hydrogens (primary N) is 1. The van der Waals surface area contributed by atoms with Crippen molar-refractivity contribution in [2.45, 2.75) is 19.0 Å². The molecule has 0 saturated carbocycles. The first-order valence-corrected chi connectivity index (χ1v) is 7.20. The topological polar surface area (TPSA) is 54.6 Å². The maximum atomic E-state index is 14.3. The molecule has 6 heteroatoms. The van der Waals surface area contributed by atoms with Crippen LogP contribution in [0.5, 0.6) is 0 Å². The smallest absolute Gasteiger partial charge is 0.170 e. The lowest BCUT2D eigenvalue weighted by Crippen LogP contribution is -2.44. The maximum Gasteiger partial charge on any atom is 0.170 e. The molecule has 0 aromatic carbocycles. The van der Waals surface area contributed by atoms with E-state index in [-0.39, 0.29) is 12.4 Å². The van der Waals surface area contributed by atoms with Crippen LogP contribution in [0.3, 0.4) is 0 Å². The number of pyridine rings is 1. The van der Waals surface area contributed by atoms with Crippen LogP contribution in [0.1, 0.15) is 12.0 Å². The number of ether oxygens (including phenoxy) is 1. The summed E-state index contributed by atoms with van der Waals surface area (Å²) >= 11 is 0. The largest absolute Gasteiger partial charge is 0.379 e. The van der Waals surface area contributed by atoms with Gasteiger partial charge in [-0.05, 0) is 12.5 Å². The second-order valence-corrected chi connectivity index (χ2v) is 5.35. The van der Waals surface area contributed by atoms with E-state index >= 15 is 0 Å². The Bertz CT molecular complexity index is 464. The number of aromatic nitrogens is 1. The van der Waals surface area contributed by atoms with Crippen LogP contribution < -0.4 is 10.6 Å². The minimum atomic E-state index is -0.266. The molecule has 20 heavy (non-hydrogen) atoms. The first kappa shape index (κ1) is 13.7. The van der Waals surface area contributed by atoms with Crippen molar-refractivity contribution in [1.82, 2.24) is 9.88 Å². The van der Waals surface area contributed by atoms with Crippen molar-refractivity contribution in [1.29, 1.82) is 0 Å². The molecule has 0 radical (unpaired) electrons. The fourth-order valence-electron chi connectivity index (χ4n) is 3.02. The third-order valence-electron chi connectivity index (χ3n) is 4.20. The van der Waals surface area contributed by atoms with Gasteiger partial charge in [0.1, 0.15) is 0 Å². The summed E-state index contributed by atoms with van der Waals surface area (Å²) < 4.78 is 19.7. The van der Waals surface area contributed by atoms with Gasteiger partial charge in [0.15, 0.2) is 11.6 Å². The molecule has 3 heterocycles. The lowest BCUT2D eigenvalue weighted by atomic mass is 10.2. The average Bonchev–Trinajstić information content (AvgIpc) is 2.98. The summed E-state index contributed by atoms with van der Waals surface area (Å²) in [5.41, 5.74) is 6.09.